The fourth-order valence-electron chi connectivity index (χ4n) is 2.34. The predicted molar refractivity (Wildman–Crippen MR) is 90.2 cm³/mol. The molecule has 2 aromatic carbocycles. The van der Waals surface area contributed by atoms with Gasteiger partial charge in [0.05, 0.1) is 11.0 Å². The highest BCUT2D eigenvalue weighted by Crippen LogP contribution is 2.24. The Morgan fingerprint density at radius 2 is 1.80 bits per heavy atom. The van der Waals surface area contributed by atoms with Crippen LogP contribution < -0.4 is 0 Å². The van der Waals surface area contributed by atoms with E-state index in [9.17, 15) is 0 Å². The Labute approximate surface area is 131 Å². The Kier molecular flexibility index (Phi) is 3.52. The summed E-state index contributed by atoms with van der Waals surface area (Å²) in [5.74, 6) is 0.536. The van der Waals surface area contributed by atoms with Gasteiger partial charge in [0.15, 0.2) is 4.77 Å². The third-order valence-corrected chi connectivity index (χ3v) is 4.24. The van der Waals surface area contributed by atoms with Gasteiger partial charge in [0.25, 0.3) is 0 Å². The highest BCUT2D eigenvalue weighted by Gasteiger charge is 2.07. The summed E-state index contributed by atoms with van der Waals surface area (Å²) in [7, 11) is 0. The molecule has 0 bridgehead atoms. The molecule has 3 aromatic rings. The first kappa shape index (κ1) is 13.6. The standard InChI is InChI=1S/C16H15BrN2S/c1-10(2)11-3-6-13(7-4-11)19-15-9-12(17)5-8-14(15)18-16(19)20/h3-10H,1-2H3,(H,18,20). The van der Waals surface area contributed by atoms with E-state index in [2.05, 4.69) is 69.7 Å². The van der Waals surface area contributed by atoms with Gasteiger partial charge in [-0.2, -0.15) is 0 Å². The Bertz CT molecular complexity index is 813. The van der Waals surface area contributed by atoms with Crippen molar-refractivity contribution in [2.45, 2.75) is 19.8 Å². The molecule has 0 aliphatic rings. The van der Waals surface area contributed by atoms with E-state index in [0.717, 1.165) is 26.0 Å². The van der Waals surface area contributed by atoms with Crippen LogP contribution >= 0.6 is 28.1 Å². The van der Waals surface area contributed by atoms with Crippen LogP contribution in [0.4, 0.5) is 0 Å². The molecule has 1 heterocycles. The largest absolute Gasteiger partial charge is 0.330 e. The van der Waals surface area contributed by atoms with E-state index in [1.807, 2.05) is 12.1 Å². The van der Waals surface area contributed by atoms with Crippen LogP contribution in [-0.4, -0.2) is 9.55 Å². The van der Waals surface area contributed by atoms with Crippen molar-refractivity contribution in [3.8, 4) is 5.69 Å². The highest BCUT2D eigenvalue weighted by atomic mass is 79.9. The minimum Gasteiger partial charge on any atom is -0.330 e. The van der Waals surface area contributed by atoms with Crippen LogP contribution in [0, 0.1) is 4.77 Å². The normalized spacial score (nSPS) is 11.4. The van der Waals surface area contributed by atoms with Crippen molar-refractivity contribution >= 4 is 39.2 Å². The van der Waals surface area contributed by atoms with Crippen molar-refractivity contribution in [2.75, 3.05) is 0 Å². The quantitative estimate of drug-likeness (QED) is 0.601. The second-order valence-electron chi connectivity index (χ2n) is 5.17. The van der Waals surface area contributed by atoms with Gasteiger partial charge in [-0.1, -0.05) is 41.9 Å². The molecule has 0 unspecified atom stereocenters. The van der Waals surface area contributed by atoms with E-state index in [4.69, 9.17) is 12.2 Å². The lowest BCUT2D eigenvalue weighted by Gasteiger charge is -2.08. The molecule has 0 saturated heterocycles. The van der Waals surface area contributed by atoms with Gasteiger partial charge in [-0.05, 0) is 54.0 Å². The van der Waals surface area contributed by atoms with Gasteiger partial charge in [-0.15, -0.1) is 0 Å². The van der Waals surface area contributed by atoms with Crippen LogP contribution in [0.25, 0.3) is 16.7 Å². The molecule has 20 heavy (non-hydrogen) atoms. The molecule has 0 atom stereocenters. The number of fused-ring (bicyclic) bond motifs is 1. The fraction of sp³-hybridized carbons (Fsp3) is 0.188. The summed E-state index contributed by atoms with van der Waals surface area (Å²) in [6.45, 7) is 4.40. The Morgan fingerprint density at radius 1 is 1.10 bits per heavy atom. The first-order valence-corrected chi connectivity index (χ1v) is 7.77. The summed E-state index contributed by atoms with van der Waals surface area (Å²) < 4.78 is 3.83. The molecule has 0 fully saturated rings. The number of halogens is 1. The second kappa shape index (κ2) is 5.19. The van der Waals surface area contributed by atoms with E-state index in [1.165, 1.54) is 5.56 Å². The zero-order chi connectivity index (χ0) is 14.3. The molecule has 4 heteroatoms. The number of benzene rings is 2. The average Bonchev–Trinajstić information content (AvgIpc) is 2.74. The lowest BCUT2D eigenvalue weighted by molar-refractivity contribution is 0.865. The van der Waals surface area contributed by atoms with Gasteiger partial charge in [0.2, 0.25) is 0 Å². The Morgan fingerprint density at radius 3 is 2.45 bits per heavy atom. The molecule has 0 aliphatic heterocycles. The van der Waals surface area contributed by atoms with Crippen LogP contribution in [-0.2, 0) is 0 Å². The number of rotatable bonds is 2. The lowest BCUT2D eigenvalue weighted by atomic mass is 10.0. The molecular weight excluding hydrogens is 332 g/mol. The summed E-state index contributed by atoms with van der Waals surface area (Å²) in [4.78, 5) is 3.25. The van der Waals surface area contributed by atoms with Crippen LogP contribution in [0.2, 0.25) is 0 Å². The van der Waals surface area contributed by atoms with Crippen LogP contribution in [0.15, 0.2) is 46.9 Å². The third kappa shape index (κ3) is 2.34. The molecule has 0 saturated carbocycles. The molecule has 1 aromatic heterocycles. The molecule has 1 N–H and O–H groups in total. The summed E-state index contributed by atoms with van der Waals surface area (Å²) in [5.41, 5.74) is 4.55. The van der Waals surface area contributed by atoms with E-state index in [0.29, 0.717) is 5.92 Å². The summed E-state index contributed by atoms with van der Waals surface area (Å²) in [6, 6.07) is 14.7. The van der Waals surface area contributed by atoms with E-state index >= 15 is 0 Å². The second-order valence-corrected chi connectivity index (χ2v) is 6.48. The molecule has 102 valence electrons. The summed E-state index contributed by atoms with van der Waals surface area (Å²) in [6.07, 6.45) is 0. The molecule has 2 nitrogen and oxygen atoms in total. The number of hydrogen-bond donors (Lipinski definition) is 1. The van der Waals surface area contributed by atoms with Crippen LogP contribution in [0.1, 0.15) is 25.3 Å². The average molecular weight is 347 g/mol. The van der Waals surface area contributed by atoms with Gasteiger partial charge < -0.3 is 4.98 Å². The predicted octanol–water partition coefficient (Wildman–Crippen LogP) is 5.57. The number of aromatic nitrogens is 2. The first-order valence-electron chi connectivity index (χ1n) is 6.57. The smallest absolute Gasteiger partial charge is 0.182 e. The zero-order valence-electron chi connectivity index (χ0n) is 11.4. The van der Waals surface area contributed by atoms with E-state index < -0.39 is 0 Å². The number of nitrogens with one attached hydrogen (secondary N) is 1. The van der Waals surface area contributed by atoms with E-state index in [-0.39, 0.29) is 0 Å². The maximum Gasteiger partial charge on any atom is 0.182 e. The van der Waals surface area contributed by atoms with Crippen molar-refractivity contribution in [3.63, 3.8) is 0 Å². The minimum absolute atomic E-state index is 0.536. The Hall–Kier alpha value is -1.39. The van der Waals surface area contributed by atoms with Gasteiger partial charge >= 0.3 is 0 Å². The molecule has 0 radical (unpaired) electrons. The van der Waals surface area contributed by atoms with Gasteiger partial charge in [-0.25, -0.2) is 0 Å². The monoisotopic (exact) mass is 346 g/mol. The minimum atomic E-state index is 0.536. The zero-order valence-corrected chi connectivity index (χ0v) is 13.8. The van der Waals surface area contributed by atoms with Crippen molar-refractivity contribution in [2.24, 2.45) is 0 Å². The summed E-state index contributed by atoms with van der Waals surface area (Å²) in [5, 5.41) is 0. The number of nitrogens with zero attached hydrogens (tertiary/aromatic N) is 1. The molecule has 0 amide bonds. The van der Waals surface area contributed by atoms with Crippen molar-refractivity contribution in [1.29, 1.82) is 0 Å². The SMILES string of the molecule is CC(C)c1ccc(-n2c(=S)[nH]c3ccc(Br)cc32)cc1. The molecular formula is C16H15BrN2S. The van der Waals surface area contributed by atoms with Crippen molar-refractivity contribution in [1.82, 2.24) is 9.55 Å². The number of aromatic amines is 1. The molecule has 3 rings (SSSR count). The first-order chi connectivity index (χ1) is 9.56. The van der Waals surface area contributed by atoms with E-state index in [1.54, 1.807) is 0 Å². The van der Waals surface area contributed by atoms with Gasteiger partial charge in [0.1, 0.15) is 0 Å². The fourth-order valence-corrected chi connectivity index (χ4v) is 3.00. The van der Waals surface area contributed by atoms with Crippen molar-refractivity contribution < 1.29 is 0 Å². The maximum absolute atomic E-state index is 5.45. The van der Waals surface area contributed by atoms with Gasteiger partial charge in [0, 0.05) is 10.2 Å². The van der Waals surface area contributed by atoms with Crippen LogP contribution in [0.3, 0.4) is 0 Å². The van der Waals surface area contributed by atoms with Crippen molar-refractivity contribution in [3.05, 3.63) is 57.3 Å². The highest BCUT2D eigenvalue weighted by molar-refractivity contribution is 9.10. The number of imidazole rings is 1. The number of H-pyrrole nitrogens is 1. The molecule has 0 aliphatic carbocycles. The lowest BCUT2D eigenvalue weighted by Crippen LogP contribution is -1.95. The third-order valence-electron chi connectivity index (χ3n) is 3.46. The molecule has 0 spiro atoms. The number of hydrogen-bond acceptors (Lipinski definition) is 1. The maximum atomic E-state index is 5.45. The van der Waals surface area contributed by atoms with Crippen LogP contribution in [0.5, 0.6) is 0 Å². The topological polar surface area (TPSA) is 20.7 Å². The summed E-state index contributed by atoms with van der Waals surface area (Å²) >= 11 is 8.97. The Balaban J connectivity index is 2.21. The van der Waals surface area contributed by atoms with Gasteiger partial charge in [-0.3, -0.25) is 4.57 Å².